The van der Waals surface area contributed by atoms with E-state index in [1.165, 1.54) is 61.1 Å². The number of fused-ring (bicyclic) bond motifs is 1. The van der Waals surface area contributed by atoms with Gasteiger partial charge in [-0.15, -0.1) is 5.10 Å². The summed E-state index contributed by atoms with van der Waals surface area (Å²) < 4.78 is 0.600. The zero-order chi connectivity index (χ0) is 29.8. The van der Waals surface area contributed by atoms with Gasteiger partial charge in [-0.2, -0.15) is 5.21 Å². The second-order valence-electron chi connectivity index (χ2n) is 10.3. The molecule has 13 nitrogen and oxygen atoms in total. The number of aromatic amines is 1. The van der Waals surface area contributed by atoms with Crippen molar-refractivity contribution in [2.45, 2.75) is 44.6 Å². The molecule has 43 heavy (non-hydrogen) atoms. The van der Waals surface area contributed by atoms with Crippen LogP contribution in [0.25, 0.3) is 10.2 Å². The molecule has 14 heteroatoms. The lowest BCUT2D eigenvalue weighted by Crippen LogP contribution is -2.34. The molecule has 1 aliphatic rings. The summed E-state index contributed by atoms with van der Waals surface area (Å²) in [6.07, 6.45) is 6.09. The fraction of sp³-hybridized carbons (Fsp3) is 0.241. The number of hydrogen-bond acceptors (Lipinski definition) is 9. The van der Waals surface area contributed by atoms with Crippen molar-refractivity contribution in [3.8, 4) is 0 Å². The summed E-state index contributed by atoms with van der Waals surface area (Å²) in [4.78, 5) is 43.0. The van der Waals surface area contributed by atoms with Crippen LogP contribution in [0.3, 0.4) is 0 Å². The number of amides is 3. The second kappa shape index (κ2) is 12.3. The molecule has 3 N–H and O–H groups in total. The molecular weight excluding hydrogens is 570 g/mol. The van der Waals surface area contributed by atoms with E-state index in [9.17, 15) is 19.7 Å². The van der Waals surface area contributed by atoms with Crippen LogP contribution in [0.4, 0.5) is 27.2 Å². The molecule has 1 aliphatic carbocycles. The zero-order valence-corrected chi connectivity index (χ0v) is 23.7. The molecule has 0 bridgehead atoms. The lowest BCUT2D eigenvalue weighted by molar-refractivity contribution is -0.384. The molecule has 6 rings (SSSR count). The minimum atomic E-state index is -0.462. The van der Waals surface area contributed by atoms with Gasteiger partial charge >= 0.3 is 6.03 Å². The average Bonchev–Trinajstić information content (AvgIpc) is 3.69. The van der Waals surface area contributed by atoms with E-state index < -0.39 is 16.9 Å². The fourth-order valence-corrected chi connectivity index (χ4v) is 6.10. The van der Waals surface area contributed by atoms with Gasteiger partial charge in [-0.05, 0) is 65.4 Å². The van der Waals surface area contributed by atoms with Crippen molar-refractivity contribution < 1.29 is 14.5 Å². The Kier molecular flexibility index (Phi) is 8.00. The maximum Gasteiger partial charge on any atom is 0.328 e. The number of tetrazole rings is 1. The van der Waals surface area contributed by atoms with E-state index in [1.54, 1.807) is 35.2 Å². The van der Waals surface area contributed by atoms with Gasteiger partial charge in [-0.3, -0.25) is 30.4 Å². The van der Waals surface area contributed by atoms with Crippen LogP contribution in [0.1, 0.15) is 59.5 Å². The molecule has 1 fully saturated rings. The number of urea groups is 1. The summed E-state index contributed by atoms with van der Waals surface area (Å²) >= 11 is 1.17. The third kappa shape index (κ3) is 6.48. The van der Waals surface area contributed by atoms with E-state index in [0.29, 0.717) is 32.5 Å². The molecular formula is C29H27N9O4S. The smallest absolute Gasteiger partial charge is 0.290 e. The Morgan fingerprint density at radius 2 is 1.77 bits per heavy atom. The number of H-pyrrole nitrogens is 1. The van der Waals surface area contributed by atoms with E-state index in [1.807, 2.05) is 12.1 Å². The summed E-state index contributed by atoms with van der Waals surface area (Å²) in [6, 6.07) is 19.0. The van der Waals surface area contributed by atoms with Crippen LogP contribution in [0.2, 0.25) is 0 Å². The first kappa shape index (κ1) is 27.9. The highest BCUT2D eigenvalue weighted by molar-refractivity contribution is 7.22. The summed E-state index contributed by atoms with van der Waals surface area (Å²) in [7, 11) is 0. The zero-order valence-electron chi connectivity index (χ0n) is 22.9. The summed E-state index contributed by atoms with van der Waals surface area (Å²) in [6.45, 7) is 0.220. The number of rotatable bonds is 8. The monoisotopic (exact) mass is 597 g/mol. The van der Waals surface area contributed by atoms with E-state index in [4.69, 9.17) is 0 Å². The standard InChI is InChI=1S/C29H27N9O4S/c39-26(31-27-33-35-36-34-27)21-8-6-18(7-9-21)17-37(22-12-10-20(11-13-22)19-4-2-1-3-5-19)29(40)32-28-30-24-15-14-23(38(41)42)16-25(24)43-28/h6-16,19H,1-5,17H2,(H,30,32,40)(H2,31,33,34,35,36,39). The molecule has 5 aromatic rings. The number of nitrogens with zero attached hydrogens (tertiary/aromatic N) is 6. The molecule has 3 amide bonds. The highest BCUT2D eigenvalue weighted by Crippen LogP contribution is 2.34. The second-order valence-corrected chi connectivity index (χ2v) is 11.3. The van der Waals surface area contributed by atoms with Crippen LogP contribution in [-0.4, -0.2) is 42.5 Å². The van der Waals surface area contributed by atoms with Crippen LogP contribution in [0, 0.1) is 10.1 Å². The lowest BCUT2D eigenvalue weighted by Gasteiger charge is -2.25. The molecule has 2 aromatic heterocycles. The number of non-ortho nitro benzene ring substituents is 1. The number of nitrogens with one attached hydrogen (secondary N) is 3. The molecule has 1 saturated carbocycles. The third-order valence-corrected chi connectivity index (χ3v) is 8.38. The van der Waals surface area contributed by atoms with Crippen molar-refractivity contribution >= 4 is 55.9 Å². The number of nitro benzene ring substituents is 1. The first-order valence-electron chi connectivity index (χ1n) is 13.8. The fourth-order valence-electron chi connectivity index (χ4n) is 5.21. The number of nitro groups is 1. The topological polar surface area (TPSA) is 172 Å². The Balaban J connectivity index is 1.23. The lowest BCUT2D eigenvalue weighted by atomic mass is 9.84. The predicted octanol–water partition coefficient (Wildman–Crippen LogP) is 6.26. The van der Waals surface area contributed by atoms with Gasteiger partial charge in [0.2, 0.25) is 0 Å². The number of carbonyl (C=O) groups is 2. The molecule has 0 aliphatic heterocycles. The van der Waals surface area contributed by atoms with Crippen molar-refractivity contribution in [1.82, 2.24) is 25.6 Å². The third-order valence-electron chi connectivity index (χ3n) is 7.45. The van der Waals surface area contributed by atoms with Crippen LogP contribution in [-0.2, 0) is 6.54 Å². The summed E-state index contributed by atoms with van der Waals surface area (Å²) in [5.41, 5.74) is 3.68. The Morgan fingerprint density at radius 3 is 2.47 bits per heavy atom. The molecule has 0 unspecified atom stereocenters. The van der Waals surface area contributed by atoms with Crippen molar-refractivity contribution in [3.05, 3.63) is 93.5 Å². The first-order chi connectivity index (χ1) is 20.9. The van der Waals surface area contributed by atoms with Gasteiger partial charge in [0.05, 0.1) is 21.7 Å². The number of thiazole rings is 1. The number of benzene rings is 3. The molecule has 3 aromatic carbocycles. The van der Waals surface area contributed by atoms with Gasteiger partial charge in [0.1, 0.15) is 0 Å². The Hall–Kier alpha value is -5.24. The van der Waals surface area contributed by atoms with Crippen LogP contribution >= 0.6 is 11.3 Å². The normalized spacial score (nSPS) is 13.5. The molecule has 0 saturated heterocycles. The minimum absolute atomic E-state index is 0.0388. The van der Waals surface area contributed by atoms with Gasteiger partial charge in [-0.1, -0.05) is 60.0 Å². The van der Waals surface area contributed by atoms with Crippen LogP contribution in [0.5, 0.6) is 0 Å². The van der Waals surface area contributed by atoms with Gasteiger partial charge in [0.15, 0.2) is 5.13 Å². The number of aromatic nitrogens is 5. The first-order valence-corrected chi connectivity index (χ1v) is 14.6. The number of hydrogen-bond donors (Lipinski definition) is 3. The van der Waals surface area contributed by atoms with E-state index in [0.717, 1.165) is 5.56 Å². The SMILES string of the molecule is O=C(Nc1nn[nH]n1)c1ccc(CN(C(=O)Nc2nc3ccc([N+](=O)[O-])cc3s2)c2ccc(C3CCCCC3)cc2)cc1. The molecule has 2 heterocycles. The van der Waals surface area contributed by atoms with Gasteiger partial charge in [0, 0.05) is 23.4 Å². The predicted molar refractivity (Wildman–Crippen MR) is 162 cm³/mol. The van der Waals surface area contributed by atoms with Crippen molar-refractivity contribution in [2.75, 3.05) is 15.5 Å². The molecule has 0 radical (unpaired) electrons. The highest BCUT2D eigenvalue weighted by Gasteiger charge is 2.21. The Bertz CT molecular complexity index is 1750. The van der Waals surface area contributed by atoms with Gasteiger partial charge < -0.3 is 0 Å². The van der Waals surface area contributed by atoms with Crippen molar-refractivity contribution in [3.63, 3.8) is 0 Å². The van der Waals surface area contributed by atoms with E-state index in [2.05, 4.69) is 48.4 Å². The maximum absolute atomic E-state index is 13.7. The van der Waals surface area contributed by atoms with Crippen LogP contribution in [0.15, 0.2) is 66.7 Å². The quantitative estimate of drug-likeness (QED) is 0.139. The molecule has 0 spiro atoms. The maximum atomic E-state index is 13.7. The van der Waals surface area contributed by atoms with Gasteiger partial charge in [0.25, 0.3) is 17.5 Å². The average molecular weight is 598 g/mol. The highest BCUT2D eigenvalue weighted by atomic mass is 32.1. The molecule has 0 atom stereocenters. The van der Waals surface area contributed by atoms with Crippen LogP contribution < -0.4 is 15.5 Å². The Labute approximate surface area is 249 Å². The summed E-state index contributed by atoms with van der Waals surface area (Å²) in [5, 5.41) is 30.1. The van der Waals surface area contributed by atoms with Crippen molar-refractivity contribution in [2.24, 2.45) is 0 Å². The van der Waals surface area contributed by atoms with E-state index >= 15 is 0 Å². The molecule has 218 valence electrons. The summed E-state index contributed by atoms with van der Waals surface area (Å²) in [5.74, 6) is 0.206. The number of anilines is 3. The van der Waals surface area contributed by atoms with E-state index in [-0.39, 0.29) is 18.2 Å². The number of carbonyl (C=O) groups excluding carboxylic acids is 2. The Morgan fingerprint density at radius 1 is 1.00 bits per heavy atom. The largest absolute Gasteiger partial charge is 0.328 e. The van der Waals surface area contributed by atoms with Gasteiger partial charge in [-0.25, -0.2) is 9.78 Å². The van der Waals surface area contributed by atoms with Crippen molar-refractivity contribution in [1.29, 1.82) is 0 Å². The minimum Gasteiger partial charge on any atom is -0.290 e.